The van der Waals surface area contributed by atoms with Gasteiger partial charge in [-0.05, 0) is 19.1 Å². The van der Waals surface area contributed by atoms with Crippen LogP contribution in [0.15, 0.2) is 53.1 Å². The predicted octanol–water partition coefficient (Wildman–Crippen LogP) is 3.24. The van der Waals surface area contributed by atoms with E-state index in [-0.39, 0.29) is 5.91 Å². The molecule has 26 heavy (non-hydrogen) atoms. The minimum Gasteiger partial charge on any atom is -0.497 e. The second kappa shape index (κ2) is 7.69. The van der Waals surface area contributed by atoms with Gasteiger partial charge in [0, 0.05) is 17.2 Å². The standard InChI is InChI=1S/C19H19N3O4/c1-12(19-21-17(22-26-19)13-7-5-4-6-8-13)20-18(23)14-9-15(24-2)11-16(10-14)25-3/h4-12H,1-3H3,(H,20,23). The molecule has 0 spiro atoms. The van der Waals surface area contributed by atoms with Gasteiger partial charge in [-0.25, -0.2) is 0 Å². The smallest absolute Gasteiger partial charge is 0.252 e. The van der Waals surface area contributed by atoms with E-state index >= 15 is 0 Å². The van der Waals surface area contributed by atoms with Gasteiger partial charge in [-0.3, -0.25) is 4.79 Å². The Morgan fingerprint density at radius 1 is 1.08 bits per heavy atom. The third-order valence-corrected chi connectivity index (χ3v) is 3.81. The molecule has 1 amide bonds. The molecule has 7 heteroatoms. The molecule has 0 aliphatic heterocycles. The van der Waals surface area contributed by atoms with Crippen LogP contribution in [0.1, 0.15) is 29.2 Å². The second-order valence-corrected chi connectivity index (χ2v) is 5.62. The maximum Gasteiger partial charge on any atom is 0.252 e. The van der Waals surface area contributed by atoms with Crippen LogP contribution in [0.5, 0.6) is 11.5 Å². The monoisotopic (exact) mass is 353 g/mol. The van der Waals surface area contributed by atoms with E-state index in [0.29, 0.717) is 28.8 Å². The highest BCUT2D eigenvalue weighted by Gasteiger charge is 2.19. The molecule has 0 saturated carbocycles. The van der Waals surface area contributed by atoms with Gasteiger partial charge in [-0.15, -0.1) is 0 Å². The van der Waals surface area contributed by atoms with Gasteiger partial charge in [0.2, 0.25) is 11.7 Å². The number of carbonyl (C=O) groups excluding carboxylic acids is 1. The van der Waals surface area contributed by atoms with Crippen LogP contribution >= 0.6 is 0 Å². The Balaban J connectivity index is 1.75. The Kier molecular flexibility index (Phi) is 5.17. The van der Waals surface area contributed by atoms with Gasteiger partial charge in [0.05, 0.1) is 14.2 Å². The largest absolute Gasteiger partial charge is 0.497 e. The first-order chi connectivity index (χ1) is 12.6. The highest BCUT2D eigenvalue weighted by molar-refractivity contribution is 5.95. The van der Waals surface area contributed by atoms with E-state index in [1.165, 1.54) is 14.2 Å². The summed E-state index contributed by atoms with van der Waals surface area (Å²) in [5.41, 5.74) is 1.26. The summed E-state index contributed by atoms with van der Waals surface area (Å²) in [4.78, 5) is 16.9. The molecule has 1 unspecified atom stereocenters. The summed E-state index contributed by atoms with van der Waals surface area (Å²) in [5.74, 6) is 1.57. The molecule has 0 fully saturated rings. The fourth-order valence-corrected chi connectivity index (χ4v) is 2.40. The van der Waals surface area contributed by atoms with Gasteiger partial charge >= 0.3 is 0 Å². The number of amides is 1. The zero-order valence-electron chi connectivity index (χ0n) is 14.7. The summed E-state index contributed by atoms with van der Waals surface area (Å²) in [7, 11) is 3.06. The maximum atomic E-state index is 12.5. The summed E-state index contributed by atoms with van der Waals surface area (Å²) in [6.45, 7) is 1.78. The Labute approximate surface area is 150 Å². The van der Waals surface area contributed by atoms with Gasteiger partial charge in [-0.1, -0.05) is 35.5 Å². The van der Waals surface area contributed by atoms with Crippen LogP contribution in [0.3, 0.4) is 0 Å². The molecule has 1 atom stereocenters. The molecule has 1 aromatic heterocycles. The Hall–Kier alpha value is -3.35. The number of carbonyl (C=O) groups is 1. The molecule has 7 nitrogen and oxygen atoms in total. The second-order valence-electron chi connectivity index (χ2n) is 5.62. The minimum absolute atomic E-state index is 0.297. The molecule has 0 saturated heterocycles. The molecule has 0 bridgehead atoms. The molecule has 3 rings (SSSR count). The quantitative estimate of drug-likeness (QED) is 0.732. The average molecular weight is 353 g/mol. The number of hydrogen-bond donors (Lipinski definition) is 1. The number of nitrogens with zero attached hydrogens (tertiary/aromatic N) is 2. The van der Waals surface area contributed by atoms with Crippen LogP contribution in [0.25, 0.3) is 11.4 Å². The van der Waals surface area contributed by atoms with E-state index in [0.717, 1.165) is 5.56 Å². The number of rotatable bonds is 6. The van der Waals surface area contributed by atoms with Crippen molar-refractivity contribution in [1.29, 1.82) is 0 Å². The summed E-state index contributed by atoms with van der Waals surface area (Å²) in [6, 6.07) is 14.0. The van der Waals surface area contributed by atoms with Gasteiger partial charge in [-0.2, -0.15) is 4.98 Å². The number of benzene rings is 2. The minimum atomic E-state index is -0.454. The van der Waals surface area contributed by atoms with E-state index in [1.807, 2.05) is 30.3 Å². The van der Waals surface area contributed by atoms with Crippen LogP contribution in [0.2, 0.25) is 0 Å². The van der Waals surface area contributed by atoms with E-state index in [1.54, 1.807) is 25.1 Å². The zero-order valence-corrected chi connectivity index (χ0v) is 14.7. The lowest BCUT2D eigenvalue weighted by Crippen LogP contribution is -2.26. The first-order valence-corrected chi connectivity index (χ1v) is 8.03. The van der Waals surface area contributed by atoms with E-state index in [9.17, 15) is 4.79 Å². The molecular formula is C19H19N3O4. The number of aromatic nitrogens is 2. The van der Waals surface area contributed by atoms with Crippen LogP contribution in [0, 0.1) is 0 Å². The van der Waals surface area contributed by atoms with E-state index in [2.05, 4.69) is 15.5 Å². The lowest BCUT2D eigenvalue weighted by atomic mass is 10.1. The Morgan fingerprint density at radius 2 is 1.73 bits per heavy atom. The summed E-state index contributed by atoms with van der Waals surface area (Å²) < 4.78 is 15.7. The van der Waals surface area contributed by atoms with Crippen LogP contribution in [-0.4, -0.2) is 30.3 Å². The summed E-state index contributed by atoms with van der Waals surface area (Å²) >= 11 is 0. The van der Waals surface area contributed by atoms with Crippen LogP contribution < -0.4 is 14.8 Å². The van der Waals surface area contributed by atoms with Crippen LogP contribution in [-0.2, 0) is 0 Å². The molecule has 0 aliphatic carbocycles. The number of methoxy groups -OCH3 is 2. The highest BCUT2D eigenvalue weighted by atomic mass is 16.5. The molecule has 1 heterocycles. The average Bonchev–Trinajstić information content (AvgIpc) is 3.18. The fraction of sp³-hybridized carbons (Fsp3) is 0.211. The first-order valence-electron chi connectivity index (χ1n) is 8.03. The van der Waals surface area contributed by atoms with Crippen molar-refractivity contribution in [3.63, 3.8) is 0 Å². The van der Waals surface area contributed by atoms with Gasteiger partial charge < -0.3 is 19.3 Å². The number of hydrogen-bond acceptors (Lipinski definition) is 6. The van der Waals surface area contributed by atoms with Gasteiger partial charge in [0.1, 0.15) is 17.5 Å². The summed E-state index contributed by atoms with van der Waals surface area (Å²) in [5, 5.41) is 6.80. The van der Waals surface area contributed by atoms with Crippen molar-refractivity contribution in [2.75, 3.05) is 14.2 Å². The predicted molar refractivity (Wildman–Crippen MR) is 95.2 cm³/mol. The first kappa shape index (κ1) is 17.5. The lowest BCUT2D eigenvalue weighted by molar-refractivity contribution is 0.0932. The summed E-state index contributed by atoms with van der Waals surface area (Å²) in [6.07, 6.45) is 0. The Bertz CT molecular complexity index is 871. The molecule has 3 aromatic rings. The molecular weight excluding hydrogens is 334 g/mol. The van der Waals surface area contributed by atoms with Crippen LogP contribution in [0.4, 0.5) is 0 Å². The third-order valence-electron chi connectivity index (χ3n) is 3.81. The van der Waals surface area contributed by atoms with Gasteiger partial charge in [0.15, 0.2) is 0 Å². The number of nitrogens with one attached hydrogen (secondary N) is 1. The fourth-order valence-electron chi connectivity index (χ4n) is 2.40. The van der Waals surface area contributed by atoms with E-state index < -0.39 is 6.04 Å². The van der Waals surface area contributed by atoms with E-state index in [4.69, 9.17) is 14.0 Å². The van der Waals surface area contributed by atoms with Crippen molar-refractivity contribution in [3.05, 3.63) is 60.0 Å². The Morgan fingerprint density at radius 3 is 2.35 bits per heavy atom. The topological polar surface area (TPSA) is 86.5 Å². The van der Waals surface area contributed by atoms with Crippen molar-refractivity contribution < 1.29 is 18.8 Å². The van der Waals surface area contributed by atoms with Crippen molar-refractivity contribution >= 4 is 5.91 Å². The van der Waals surface area contributed by atoms with Crippen molar-refractivity contribution in [3.8, 4) is 22.9 Å². The molecule has 1 N–H and O–H groups in total. The van der Waals surface area contributed by atoms with Crippen molar-refractivity contribution in [1.82, 2.24) is 15.5 Å². The zero-order chi connectivity index (χ0) is 18.5. The third kappa shape index (κ3) is 3.83. The SMILES string of the molecule is COc1cc(OC)cc(C(=O)NC(C)c2nc(-c3ccccc3)no2)c1. The van der Waals surface area contributed by atoms with Crippen molar-refractivity contribution in [2.24, 2.45) is 0 Å². The normalized spacial score (nSPS) is 11.7. The molecule has 0 radical (unpaired) electrons. The maximum absolute atomic E-state index is 12.5. The molecule has 0 aliphatic rings. The molecule has 134 valence electrons. The lowest BCUT2D eigenvalue weighted by Gasteiger charge is -2.12. The molecule has 2 aromatic carbocycles. The number of ether oxygens (including phenoxy) is 2. The highest BCUT2D eigenvalue weighted by Crippen LogP contribution is 2.23. The van der Waals surface area contributed by atoms with Crippen molar-refractivity contribution in [2.45, 2.75) is 13.0 Å². The van der Waals surface area contributed by atoms with Gasteiger partial charge in [0.25, 0.3) is 5.91 Å².